The molecule has 0 radical (unpaired) electrons. The number of carboxylic acid groups (broad SMARTS) is 1. The van der Waals surface area contributed by atoms with E-state index in [-0.39, 0.29) is 24.9 Å². The standard InChI is InChI=1S/C19H26N2O4/c1-2-6-17(22)21(19(25)20-11-4-3-5-12-20)14-16-9-7-15(8-10-16)13-18(23)24/h7-10H,2-6,11-14H2,1H3,(H,23,24). The second-order valence-electron chi connectivity index (χ2n) is 6.45. The summed E-state index contributed by atoms with van der Waals surface area (Å²) in [5.74, 6) is -1.04. The summed E-state index contributed by atoms with van der Waals surface area (Å²) >= 11 is 0. The molecule has 6 nitrogen and oxygen atoms in total. The fraction of sp³-hybridized carbons (Fsp3) is 0.526. The zero-order valence-corrected chi connectivity index (χ0v) is 14.7. The van der Waals surface area contributed by atoms with Crippen LogP contribution in [0.2, 0.25) is 0 Å². The van der Waals surface area contributed by atoms with Gasteiger partial charge in [-0.25, -0.2) is 4.79 Å². The van der Waals surface area contributed by atoms with Crippen molar-refractivity contribution in [3.8, 4) is 0 Å². The minimum absolute atomic E-state index is 0.0362. The van der Waals surface area contributed by atoms with Crippen molar-refractivity contribution in [2.45, 2.75) is 52.0 Å². The first kappa shape index (κ1) is 19.0. The smallest absolute Gasteiger partial charge is 0.327 e. The zero-order valence-electron chi connectivity index (χ0n) is 14.7. The van der Waals surface area contributed by atoms with Crippen LogP contribution in [0.1, 0.15) is 50.2 Å². The van der Waals surface area contributed by atoms with Crippen molar-refractivity contribution >= 4 is 17.9 Å². The normalized spacial score (nSPS) is 14.2. The maximum atomic E-state index is 12.8. The van der Waals surface area contributed by atoms with Gasteiger partial charge >= 0.3 is 12.0 Å². The number of imide groups is 1. The summed E-state index contributed by atoms with van der Waals surface area (Å²) in [4.78, 5) is 39.1. The van der Waals surface area contributed by atoms with Crippen molar-refractivity contribution in [2.75, 3.05) is 13.1 Å². The highest BCUT2D eigenvalue weighted by atomic mass is 16.4. The third-order valence-corrected chi connectivity index (χ3v) is 4.34. The largest absolute Gasteiger partial charge is 0.481 e. The number of likely N-dealkylation sites (tertiary alicyclic amines) is 1. The Kier molecular flexibility index (Phi) is 6.98. The number of rotatable bonds is 6. The van der Waals surface area contributed by atoms with Gasteiger partial charge in [-0.3, -0.25) is 14.5 Å². The number of aliphatic carboxylic acids is 1. The van der Waals surface area contributed by atoms with E-state index in [2.05, 4.69) is 0 Å². The molecule has 0 aromatic heterocycles. The summed E-state index contributed by atoms with van der Waals surface area (Å²) in [5.41, 5.74) is 1.52. The molecule has 1 aromatic carbocycles. The fourth-order valence-corrected chi connectivity index (χ4v) is 2.99. The van der Waals surface area contributed by atoms with E-state index < -0.39 is 5.97 Å². The van der Waals surface area contributed by atoms with E-state index in [0.717, 1.165) is 24.8 Å². The lowest BCUT2D eigenvalue weighted by molar-refractivity contribution is -0.136. The van der Waals surface area contributed by atoms with Crippen molar-refractivity contribution in [2.24, 2.45) is 0 Å². The summed E-state index contributed by atoms with van der Waals surface area (Å²) in [6, 6.07) is 6.82. The first-order valence-corrected chi connectivity index (χ1v) is 8.90. The number of benzene rings is 1. The van der Waals surface area contributed by atoms with E-state index in [1.165, 1.54) is 4.90 Å². The van der Waals surface area contributed by atoms with Crippen LogP contribution in [0.4, 0.5) is 4.79 Å². The van der Waals surface area contributed by atoms with Crippen LogP contribution in [0.3, 0.4) is 0 Å². The quantitative estimate of drug-likeness (QED) is 0.859. The molecule has 3 amide bonds. The first-order valence-electron chi connectivity index (χ1n) is 8.90. The maximum absolute atomic E-state index is 12.8. The lowest BCUT2D eigenvalue weighted by atomic mass is 10.1. The van der Waals surface area contributed by atoms with Crippen molar-refractivity contribution in [1.29, 1.82) is 0 Å². The molecule has 0 aliphatic carbocycles. The highest BCUT2D eigenvalue weighted by molar-refractivity contribution is 5.94. The molecule has 0 unspecified atom stereocenters. The Morgan fingerprint density at radius 1 is 1.04 bits per heavy atom. The molecule has 1 aliphatic heterocycles. The number of hydrogen-bond acceptors (Lipinski definition) is 3. The maximum Gasteiger partial charge on any atom is 0.327 e. The van der Waals surface area contributed by atoms with Gasteiger partial charge in [0, 0.05) is 19.5 Å². The number of piperidine rings is 1. The van der Waals surface area contributed by atoms with Gasteiger partial charge < -0.3 is 10.0 Å². The second-order valence-corrected chi connectivity index (χ2v) is 6.45. The molecular formula is C19H26N2O4. The molecule has 136 valence electrons. The monoisotopic (exact) mass is 346 g/mol. The van der Waals surface area contributed by atoms with Crippen molar-refractivity contribution < 1.29 is 19.5 Å². The molecule has 6 heteroatoms. The molecule has 0 spiro atoms. The van der Waals surface area contributed by atoms with E-state index >= 15 is 0 Å². The first-order chi connectivity index (χ1) is 12.0. The van der Waals surface area contributed by atoms with Crippen LogP contribution in [0, 0.1) is 0 Å². The Hall–Kier alpha value is -2.37. The molecule has 0 saturated carbocycles. The van der Waals surface area contributed by atoms with Crippen LogP contribution >= 0.6 is 0 Å². The average Bonchev–Trinajstić information content (AvgIpc) is 2.61. The van der Waals surface area contributed by atoms with Crippen molar-refractivity contribution in [1.82, 2.24) is 9.80 Å². The molecule has 1 aromatic rings. The summed E-state index contributed by atoms with van der Waals surface area (Å²) in [6.07, 6.45) is 4.08. The third kappa shape index (κ3) is 5.59. The van der Waals surface area contributed by atoms with Crippen LogP contribution in [-0.2, 0) is 22.6 Å². The van der Waals surface area contributed by atoms with Gasteiger partial charge in [0.25, 0.3) is 0 Å². The van der Waals surface area contributed by atoms with Gasteiger partial charge in [-0.1, -0.05) is 31.2 Å². The predicted octanol–water partition coefficient (Wildman–Crippen LogP) is 3.05. The SMILES string of the molecule is CCCC(=O)N(Cc1ccc(CC(=O)O)cc1)C(=O)N1CCCCC1. The van der Waals surface area contributed by atoms with Crippen molar-refractivity contribution in [3.63, 3.8) is 0 Å². The number of carbonyl (C=O) groups excluding carboxylic acids is 2. The van der Waals surface area contributed by atoms with Crippen LogP contribution < -0.4 is 0 Å². The summed E-state index contributed by atoms with van der Waals surface area (Å²) in [5, 5.41) is 8.83. The molecule has 0 bridgehead atoms. The van der Waals surface area contributed by atoms with Crippen LogP contribution in [0.25, 0.3) is 0 Å². The van der Waals surface area contributed by atoms with E-state index in [4.69, 9.17) is 5.11 Å². The Balaban J connectivity index is 2.10. The summed E-state index contributed by atoms with van der Waals surface area (Å²) in [7, 11) is 0. The lowest BCUT2D eigenvalue weighted by Gasteiger charge is -2.32. The van der Waals surface area contributed by atoms with Crippen LogP contribution in [0.15, 0.2) is 24.3 Å². The highest BCUT2D eigenvalue weighted by Gasteiger charge is 2.27. The predicted molar refractivity (Wildman–Crippen MR) is 94.1 cm³/mol. The van der Waals surface area contributed by atoms with Gasteiger partial charge in [-0.15, -0.1) is 0 Å². The zero-order chi connectivity index (χ0) is 18.2. The minimum atomic E-state index is -0.882. The number of carbonyl (C=O) groups is 3. The lowest BCUT2D eigenvalue weighted by Crippen LogP contribution is -2.47. The van der Waals surface area contributed by atoms with E-state index in [0.29, 0.717) is 31.5 Å². The van der Waals surface area contributed by atoms with E-state index in [1.807, 2.05) is 6.92 Å². The molecule has 25 heavy (non-hydrogen) atoms. The van der Waals surface area contributed by atoms with Crippen molar-refractivity contribution in [3.05, 3.63) is 35.4 Å². The molecule has 2 rings (SSSR count). The molecular weight excluding hydrogens is 320 g/mol. The van der Waals surface area contributed by atoms with E-state index in [9.17, 15) is 14.4 Å². The van der Waals surface area contributed by atoms with Gasteiger partial charge in [0.1, 0.15) is 0 Å². The minimum Gasteiger partial charge on any atom is -0.481 e. The summed E-state index contributed by atoms with van der Waals surface area (Å²) in [6.45, 7) is 3.54. The number of urea groups is 1. The average molecular weight is 346 g/mol. The molecule has 1 N–H and O–H groups in total. The van der Waals surface area contributed by atoms with Gasteiger partial charge in [0.05, 0.1) is 13.0 Å². The third-order valence-electron chi connectivity index (χ3n) is 4.34. The number of amides is 3. The fourth-order valence-electron chi connectivity index (χ4n) is 2.99. The van der Waals surface area contributed by atoms with Gasteiger partial charge in [0.2, 0.25) is 5.91 Å². The molecule has 1 aliphatic rings. The molecule has 1 saturated heterocycles. The number of hydrogen-bond donors (Lipinski definition) is 1. The Labute approximate surface area is 148 Å². The second kappa shape index (κ2) is 9.20. The molecule has 0 atom stereocenters. The Bertz CT molecular complexity index is 606. The number of nitrogens with zero attached hydrogens (tertiary/aromatic N) is 2. The van der Waals surface area contributed by atoms with Gasteiger partial charge in [0.15, 0.2) is 0 Å². The van der Waals surface area contributed by atoms with Gasteiger partial charge in [-0.05, 0) is 36.8 Å². The Morgan fingerprint density at radius 2 is 1.64 bits per heavy atom. The topological polar surface area (TPSA) is 77.9 Å². The Morgan fingerprint density at radius 3 is 2.20 bits per heavy atom. The highest BCUT2D eigenvalue weighted by Crippen LogP contribution is 2.16. The van der Waals surface area contributed by atoms with Crippen LogP contribution in [-0.4, -0.2) is 45.9 Å². The molecule has 1 fully saturated rings. The van der Waals surface area contributed by atoms with Gasteiger partial charge in [-0.2, -0.15) is 0 Å². The number of carboxylic acids is 1. The summed E-state index contributed by atoms with van der Waals surface area (Å²) < 4.78 is 0. The van der Waals surface area contributed by atoms with Crippen LogP contribution in [0.5, 0.6) is 0 Å². The van der Waals surface area contributed by atoms with E-state index in [1.54, 1.807) is 29.2 Å². The molecule has 1 heterocycles.